The standard InChI is InChI=1S/C19H23N3O4S.C2HF3O2/c1-2-21-10-12-22(13-11-21)15-8-9-18(17(14-15)19(23)24)20-27(25,26)16-6-4-3-5-7-16;3-2(4,5)1(6)7/h3-9,14,20H,2,10-13H2,1H3,(H,23,24);(H,6,7). The number of likely N-dealkylation sites (N-methyl/N-ethyl adjacent to an activating group) is 1. The van der Waals surface area contributed by atoms with Crippen LogP contribution in [-0.4, -0.2) is 74.4 Å². The van der Waals surface area contributed by atoms with Crippen LogP contribution in [-0.2, 0) is 14.8 Å². The van der Waals surface area contributed by atoms with Crippen LogP contribution in [0.25, 0.3) is 0 Å². The highest BCUT2D eigenvalue weighted by molar-refractivity contribution is 7.92. The number of aliphatic carboxylic acids is 1. The van der Waals surface area contributed by atoms with Crippen molar-refractivity contribution in [1.82, 2.24) is 4.90 Å². The van der Waals surface area contributed by atoms with Gasteiger partial charge in [0.2, 0.25) is 0 Å². The molecule has 0 radical (unpaired) electrons. The van der Waals surface area contributed by atoms with Crippen LogP contribution in [0.1, 0.15) is 17.3 Å². The van der Waals surface area contributed by atoms with Gasteiger partial charge in [-0.2, -0.15) is 13.2 Å². The van der Waals surface area contributed by atoms with E-state index >= 15 is 0 Å². The maximum absolute atomic E-state index is 12.5. The summed E-state index contributed by atoms with van der Waals surface area (Å²) in [6.45, 7) is 6.56. The van der Waals surface area contributed by atoms with Gasteiger partial charge in [0, 0.05) is 31.9 Å². The molecule has 13 heteroatoms. The molecule has 2 aromatic carbocycles. The van der Waals surface area contributed by atoms with Gasteiger partial charge in [0.1, 0.15) is 0 Å². The number of anilines is 2. The Morgan fingerprint density at radius 2 is 1.56 bits per heavy atom. The fourth-order valence-electron chi connectivity index (χ4n) is 3.12. The van der Waals surface area contributed by atoms with E-state index in [2.05, 4.69) is 21.4 Å². The van der Waals surface area contributed by atoms with Crippen LogP contribution in [0.5, 0.6) is 0 Å². The fraction of sp³-hybridized carbons (Fsp3) is 0.333. The summed E-state index contributed by atoms with van der Waals surface area (Å²) in [4.78, 5) is 25.1. The molecule has 34 heavy (non-hydrogen) atoms. The van der Waals surface area contributed by atoms with E-state index in [1.807, 2.05) is 0 Å². The first kappa shape index (κ1) is 26.9. The minimum absolute atomic E-state index is 0.0577. The second kappa shape index (κ2) is 11.2. The number of nitrogens with zero attached hydrogens (tertiary/aromatic N) is 2. The molecular formula is C21H24F3N3O6S. The van der Waals surface area contributed by atoms with E-state index in [-0.39, 0.29) is 16.1 Å². The number of carboxylic acid groups (broad SMARTS) is 2. The summed E-state index contributed by atoms with van der Waals surface area (Å²) in [7, 11) is -3.85. The molecule has 0 bridgehead atoms. The van der Waals surface area contributed by atoms with Crippen molar-refractivity contribution in [1.29, 1.82) is 0 Å². The van der Waals surface area contributed by atoms with Crippen molar-refractivity contribution in [2.45, 2.75) is 18.0 Å². The molecule has 2 aromatic rings. The van der Waals surface area contributed by atoms with E-state index < -0.39 is 28.1 Å². The molecule has 1 heterocycles. The van der Waals surface area contributed by atoms with Gasteiger partial charge >= 0.3 is 18.1 Å². The van der Waals surface area contributed by atoms with Gasteiger partial charge in [-0.1, -0.05) is 25.1 Å². The van der Waals surface area contributed by atoms with E-state index in [1.54, 1.807) is 24.3 Å². The molecule has 1 aliphatic heterocycles. The smallest absolute Gasteiger partial charge is 0.478 e. The largest absolute Gasteiger partial charge is 0.490 e. The second-order valence-corrected chi connectivity index (χ2v) is 8.86. The van der Waals surface area contributed by atoms with Gasteiger partial charge in [-0.05, 0) is 36.9 Å². The average Bonchev–Trinajstić information content (AvgIpc) is 2.79. The minimum atomic E-state index is -5.08. The third-order valence-corrected chi connectivity index (χ3v) is 6.34. The maximum Gasteiger partial charge on any atom is 0.490 e. The molecule has 9 nitrogen and oxygen atoms in total. The summed E-state index contributed by atoms with van der Waals surface area (Å²) in [5.74, 6) is -3.93. The predicted molar refractivity (Wildman–Crippen MR) is 119 cm³/mol. The number of carboxylic acids is 2. The zero-order valence-electron chi connectivity index (χ0n) is 18.1. The summed E-state index contributed by atoms with van der Waals surface area (Å²) in [5.41, 5.74) is 0.776. The van der Waals surface area contributed by atoms with Crippen LogP contribution in [0, 0.1) is 0 Å². The molecule has 0 saturated carbocycles. The summed E-state index contributed by atoms with van der Waals surface area (Å²) >= 11 is 0. The van der Waals surface area contributed by atoms with Crippen molar-refractivity contribution in [3.63, 3.8) is 0 Å². The Morgan fingerprint density at radius 3 is 2.03 bits per heavy atom. The van der Waals surface area contributed by atoms with E-state index in [0.29, 0.717) is 0 Å². The number of benzene rings is 2. The highest BCUT2D eigenvalue weighted by Gasteiger charge is 2.38. The number of sulfonamides is 1. The third kappa shape index (κ3) is 7.35. The fourth-order valence-corrected chi connectivity index (χ4v) is 4.22. The van der Waals surface area contributed by atoms with Gasteiger partial charge in [0.15, 0.2) is 0 Å². The normalized spacial score (nSPS) is 14.6. The predicted octanol–water partition coefficient (Wildman–Crippen LogP) is 2.96. The number of rotatable bonds is 6. The van der Waals surface area contributed by atoms with Crippen molar-refractivity contribution < 1.29 is 41.4 Å². The molecule has 1 aliphatic rings. The first-order valence-corrected chi connectivity index (χ1v) is 11.6. The van der Waals surface area contributed by atoms with Crippen LogP contribution < -0.4 is 9.62 Å². The molecule has 0 atom stereocenters. The van der Waals surface area contributed by atoms with E-state index in [4.69, 9.17) is 9.90 Å². The van der Waals surface area contributed by atoms with Crippen molar-refractivity contribution in [3.05, 3.63) is 54.1 Å². The average molecular weight is 503 g/mol. The van der Waals surface area contributed by atoms with Gasteiger partial charge in [0.05, 0.1) is 16.1 Å². The summed E-state index contributed by atoms with van der Waals surface area (Å²) in [5, 5.41) is 16.7. The van der Waals surface area contributed by atoms with Gasteiger partial charge in [0.25, 0.3) is 10.0 Å². The van der Waals surface area contributed by atoms with Crippen molar-refractivity contribution in [2.24, 2.45) is 0 Å². The van der Waals surface area contributed by atoms with Gasteiger partial charge in [-0.3, -0.25) is 4.72 Å². The van der Waals surface area contributed by atoms with E-state index in [9.17, 15) is 31.5 Å². The van der Waals surface area contributed by atoms with Gasteiger partial charge in [-0.25, -0.2) is 18.0 Å². The Morgan fingerprint density at radius 1 is 1.00 bits per heavy atom. The number of aromatic carboxylic acids is 1. The lowest BCUT2D eigenvalue weighted by Gasteiger charge is -2.35. The minimum Gasteiger partial charge on any atom is -0.478 e. The highest BCUT2D eigenvalue weighted by atomic mass is 32.2. The monoisotopic (exact) mass is 503 g/mol. The zero-order valence-corrected chi connectivity index (χ0v) is 18.9. The molecule has 0 amide bonds. The molecule has 3 rings (SSSR count). The number of hydrogen-bond donors (Lipinski definition) is 3. The van der Waals surface area contributed by atoms with Crippen LogP contribution in [0.3, 0.4) is 0 Å². The zero-order chi connectivity index (χ0) is 25.5. The lowest BCUT2D eigenvalue weighted by molar-refractivity contribution is -0.192. The Kier molecular flexibility index (Phi) is 8.87. The first-order valence-electron chi connectivity index (χ1n) is 10.1. The lowest BCUT2D eigenvalue weighted by atomic mass is 10.1. The maximum atomic E-state index is 12.5. The van der Waals surface area contributed by atoms with E-state index in [1.165, 1.54) is 24.3 Å². The number of nitrogens with one attached hydrogen (secondary N) is 1. The molecule has 0 unspecified atom stereocenters. The molecule has 1 saturated heterocycles. The van der Waals surface area contributed by atoms with Crippen molar-refractivity contribution >= 4 is 33.3 Å². The lowest BCUT2D eigenvalue weighted by Crippen LogP contribution is -2.46. The molecule has 1 fully saturated rings. The number of halogens is 3. The Bertz CT molecular complexity index is 1100. The molecule has 186 valence electrons. The third-order valence-electron chi connectivity index (χ3n) is 4.96. The van der Waals surface area contributed by atoms with Crippen LogP contribution in [0.4, 0.5) is 24.5 Å². The number of alkyl halides is 3. The van der Waals surface area contributed by atoms with Crippen molar-refractivity contribution in [2.75, 3.05) is 42.3 Å². The van der Waals surface area contributed by atoms with E-state index in [0.717, 1.165) is 38.4 Å². The Balaban J connectivity index is 0.000000509. The van der Waals surface area contributed by atoms with Crippen LogP contribution >= 0.6 is 0 Å². The van der Waals surface area contributed by atoms with Gasteiger partial charge < -0.3 is 20.0 Å². The summed E-state index contributed by atoms with van der Waals surface area (Å²) < 4.78 is 59.2. The highest BCUT2D eigenvalue weighted by Crippen LogP contribution is 2.26. The molecule has 3 N–H and O–H groups in total. The first-order chi connectivity index (χ1) is 15.8. The Labute approximate surface area is 194 Å². The SMILES string of the molecule is CCN1CCN(c2ccc(NS(=O)(=O)c3ccccc3)c(C(=O)O)c2)CC1.O=C(O)C(F)(F)F. The second-order valence-electron chi connectivity index (χ2n) is 7.18. The summed E-state index contributed by atoms with van der Waals surface area (Å²) in [6, 6.07) is 12.7. The Hall–Kier alpha value is -3.32. The number of hydrogen-bond acceptors (Lipinski definition) is 6. The molecule has 0 aliphatic carbocycles. The van der Waals surface area contributed by atoms with Crippen molar-refractivity contribution in [3.8, 4) is 0 Å². The molecule has 0 aromatic heterocycles. The quantitative estimate of drug-likeness (QED) is 0.549. The molecular weight excluding hydrogens is 479 g/mol. The number of piperazine rings is 1. The summed E-state index contributed by atoms with van der Waals surface area (Å²) in [6.07, 6.45) is -5.08. The molecule has 0 spiro atoms. The van der Waals surface area contributed by atoms with Crippen LogP contribution in [0.2, 0.25) is 0 Å². The van der Waals surface area contributed by atoms with Gasteiger partial charge in [-0.15, -0.1) is 0 Å². The number of carbonyl (C=O) groups is 2. The topological polar surface area (TPSA) is 127 Å². The van der Waals surface area contributed by atoms with Crippen LogP contribution in [0.15, 0.2) is 53.4 Å².